The van der Waals surface area contributed by atoms with E-state index in [1.54, 1.807) is 30.3 Å². The number of ether oxygens (including phenoxy) is 2. The number of rotatable bonds is 6. The summed E-state index contributed by atoms with van der Waals surface area (Å²) in [5.41, 5.74) is 4.33. The van der Waals surface area contributed by atoms with Gasteiger partial charge in [0.05, 0.1) is 11.4 Å². The molecule has 1 aromatic heterocycles. The number of nitrogens with zero attached hydrogens (tertiary/aromatic N) is 1. The van der Waals surface area contributed by atoms with Crippen LogP contribution in [0.5, 0.6) is 11.5 Å². The molecule has 6 nitrogen and oxygen atoms in total. The van der Waals surface area contributed by atoms with Crippen LogP contribution in [0.2, 0.25) is 0 Å². The van der Waals surface area contributed by atoms with Crippen molar-refractivity contribution in [3.8, 4) is 34.1 Å². The Bertz CT molecular complexity index is 1320. The smallest absolute Gasteiger partial charge is 0.234 e. The number of aromatic amines is 1. The first kappa shape index (κ1) is 22.0. The van der Waals surface area contributed by atoms with Crippen molar-refractivity contribution in [2.45, 2.75) is 11.9 Å². The fourth-order valence-electron chi connectivity index (χ4n) is 3.57. The number of carbonyl (C=O) groups is 1. The minimum Gasteiger partial charge on any atom is -0.486 e. The monoisotopic (exact) mass is 475 g/mol. The van der Waals surface area contributed by atoms with Crippen LogP contribution in [-0.4, -0.2) is 34.8 Å². The average molecular weight is 476 g/mol. The number of carbonyl (C=O) groups excluding carboxylic acids is 1. The van der Waals surface area contributed by atoms with Gasteiger partial charge in [0, 0.05) is 22.9 Å². The molecule has 4 aromatic rings. The molecule has 2 N–H and O–H groups in total. The second-order valence-corrected chi connectivity index (χ2v) is 8.80. The van der Waals surface area contributed by atoms with E-state index in [9.17, 15) is 9.18 Å². The van der Waals surface area contributed by atoms with Gasteiger partial charge < -0.3 is 19.8 Å². The maximum Gasteiger partial charge on any atom is 0.234 e. The lowest BCUT2D eigenvalue weighted by molar-refractivity contribution is -0.113. The number of hydrogen-bond acceptors (Lipinski definition) is 5. The third-order valence-corrected chi connectivity index (χ3v) is 6.27. The number of H-pyrrole nitrogens is 1. The van der Waals surface area contributed by atoms with Crippen molar-refractivity contribution in [2.75, 3.05) is 24.3 Å². The third kappa shape index (κ3) is 4.92. The zero-order chi connectivity index (χ0) is 23.5. The summed E-state index contributed by atoms with van der Waals surface area (Å²) in [4.78, 5) is 20.7. The van der Waals surface area contributed by atoms with Crippen LogP contribution in [0.3, 0.4) is 0 Å². The summed E-state index contributed by atoms with van der Waals surface area (Å²) in [5, 5.41) is 3.59. The normalized spacial score (nSPS) is 12.4. The Hall–Kier alpha value is -3.78. The molecule has 0 aliphatic carbocycles. The molecule has 8 heteroatoms. The van der Waals surface area contributed by atoms with Crippen LogP contribution < -0.4 is 14.8 Å². The summed E-state index contributed by atoms with van der Waals surface area (Å²) in [6.45, 7) is 3.03. The molecule has 172 valence electrons. The van der Waals surface area contributed by atoms with E-state index in [4.69, 9.17) is 14.5 Å². The summed E-state index contributed by atoms with van der Waals surface area (Å²) >= 11 is 1.34. The number of fused-ring (bicyclic) bond motifs is 1. The van der Waals surface area contributed by atoms with Gasteiger partial charge in [0.1, 0.15) is 29.9 Å². The molecule has 0 radical (unpaired) electrons. The van der Waals surface area contributed by atoms with Crippen LogP contribution in [0.4, 0.5) is 10.1 Å². The number of imidazole rings is 1. The van der Waals surface area contributed by atoms with Crippen molar-refractivity contribution >= 4 is 23.4 Å². The molecule has 0 saturated heterocycles. The van der Waals surface area contributed by atoms with Crippen molar-refractivity contribution in [1.82, 2.24) is 9.97 Å². The van der Waals surface area contributed by atoms with E-state index in [-0.39, 0.29) is 17.5 Å². The highest BCUT2D eigenvalue weighted by Gasteiger charge is 2.17. The zero-order valence-corrected chi connectivity index (χ0v) is 19.2. The molecule has 0 fully saturated rings. The molecule has 1 amide bonds. The van der Waals surface area contributed by atoms with Gasteiger partial charge in [0.2, 0.25) is 5.91 Å². The van der Waals surface area contributed by atoms with Gasteiger partial charge in [-0.15, -0.1) is 0 Å². The third-order valence-electron chi connectivity index (χ3n) is 5.29. The number of aromatic nitrogens is 2. The van der Waals surface area contributed by atoms with E-state index in [0.29, 0.717) is 41.3 Å². The lowest BCUT2D eigenvalue weighted by atomic mass is 10.1. The molecule has 5 rings (SSSR count). The molecule has 0 bridgehead atoms. The number of nitrogens with one attached hydrogen (secondary N) is 2. The molecule has 34 heavy (non-hydrogen) atoms. The zero-order valence-electron chi connectivity index (χ0n) is 18.4. The second kappa shape index (κ2) is 9.61. The molecule has 1 aliphatic rings. The van der Waals surface area contributed by atoms with Gasteiger partial charge in [-0.2, -0.15) is 0 Å². The van der Waals surface area contributed by atoms with E-state index < -0.39 is 0 Å². The molecule has 0 unspecified atom stereocenters. The quantitative estimate of drug-likeness (QED) is 0.350. The van der Waals surface area contributed by atoms with E-state index >= 15 is 0 Å². The van der Waals surface area contributed by atoms with Crippen LogP contribution in [-0.2, 0) is 4.79 Å². The minimum atomic E-state index is -0.306. The molecular formula is C26H22FN3O3S. The average Bonchev–Trinajstić information content (AvgIpc) is 3.28. The van der Waals surface area contributed by atoms with Crippen molar-refractivity contribution in [3.63, 3.8) is 0 Å². The highest BCUT2D eigenvalue weighted by atomic mass is 32.2. The maximum atomic E-state index is 13.4. The van der Waals surface area contributed by atoms with Crippen LogP contribution in [0.15, 0.2) is 71.8 Å². The lowest BCUT2D eigenvalue weighted by Gasteiger charge is -2.18. The first-order chi connectivity index (χ1) is 16.5. The molecule has 0 atom stereocenters. The topological polar surface area (TPSA) is 76.2 Å². The van der Waals surface area contributed by atoms with Crippen LogP contribution >= 0.6 is 11.8 Å². The first-order valence-electron chi connectivity index (χ1n) is 10.8. The standard InChI is InChI=1S/C26H22FN3O3S/c1-16-2-4-17(5-3-16)24-26(30-25(29-24)18-6-8-19(27)9-7-18)34-15-23(31)28-20-10-11-21-22(14-20)33-13-12-32-21/h2-11,14H,12-13,15H2,1H3,(H,28,31)(H,29,30). The largest absolute Gasteiger partial charge is 0.486 e. The van der Waals surface area contributed by atoms with Crippen molar-refractivity contribution < 1.29 is 18.7 Å². The minimum absolute atomic E-state index is 0.164. The van der Waals surface area contributed by atoms with Gasteiger partial charge in [-0.05, 0) is 43.3 Å². The molecule has 0 spiro atoms. The van der Waals surface area contributed by atoms with Crippen LogP contribution in [0.1, 0.15) is 5.56 Å². The Labute approximate surface area is 200 Å². The Morgan fingerprint density at radius 1 is 1.00 bits per heavy atom. The van der Waals surface area contributed by atoms with Crippen molar-refractivity contribution in [3.05, 3.63) is 78.1 Å². The first-order valence-corrected chi connectivity index (χ1v) is 11.8. The van der Waals surface area contributed by atoms with Crippen molar-refractivity contribution in [2.24, 2.45) is 0 Å². The summed E-state index contributed by atoms with van der Waals surface area (Å²) in [6, 6.07) is 19.6. The van der Waals surface area contributed by atoms with Crippen LogP contribution in [0.25, 0.3) is 22.6 Å². The van der Waals surface area contributed by atoms with Crippen molar-refractivity contribution in [1.29, 1.82) is 0 Å². The number of amides is 1. The number of hydrogen-bond donors (Lipinski definition) is 2. The van der Waals surface area contributed by atoms with Gasteiger partial charge in [0.15, 0.2) is 11.5 Å². The number of thioether (sulfide) groups is 1. The van der Waals surface area contributed by atoms with Gasteiger partial charge >= 0.3 is 0 Å². The molecule has 3 aromatic carbocycles. The number of benzene rings is 3. The Kier molecular flexibility index (Phi) is 6.22. The predicted molar refractivity (Wildman–Crippen MR) is 131 cm³/mol. The molecule has 1 aliphatic heterocycles. The van der Waals surface area contributed by atoms with E-state index in [1.165, 1.54) is 23.9 Å². The highest BCUT2D eigenvalue weighted by Crippen LogP contribution is 2.34. The van der Waals surface area contributed by atoms with Gasteiger partial charge in [0.25, 0.3) is 0 Å². The summed E-state index contributed by atoms with van der Waals surface area (Å²) in [5.74, 6) is 1.61. The Balaban J connectivity index is 1.35. The fraction of sp³-hybridized carbons (Fsp3) is 0.154. The second-order valence-electron chi connectivity index (χ2n) is 7.83. The number of aryl methyl sites for hydroxylation is 1. The lowest BCUT2D eigenvalue weighted by Crippen LogP contribution is -2.17. The molecule has 2 heterocycles. The summed E-state index contributed by atoms with van der Waals surface area (Å²) in [6.07, 6.45) is 0. The predicted octanol–water partition coefficient (Wildman–Crippen LogP) is 5.69. The van der Waals surface area contributed by atoms with Gasteiger partial charge in [-0.25, -0.2) is 9.37 Å². The Morgan fingerprint density at radius 2 is 1.71 bits per heavy atom. The summed E-state index contributed by atoms with van der Waals surface area (Å²) in [7, 11) is 0. The summed E-state index contributed by atoms with van der Waals surface area (Å²) < 4.78 is 24.5. The number of anilines is 1. The SMILES string of the molecule is Cc1ccc(-c2[nH]c(-c3ccc(F)cc3)nc2SCC(=O)Nc2ccc3c(c2)OCCO3)cc1. The van der Waals surface area contributed by atoms with Crippen LogP contribution in [0, 0.1) is 12.7 Å². The molecular weight excluding hydrogens is 453 g/mol. The number of halogens is 1. The molecule has 0 saturated carbocycles. The Morgan fingerprint density at radius 3 is 2.47 bits per heavy atom. The van der Waals surface area contributed by atoms with E-state index in [2.05, 4.69) is 10.3 Å². The van der Waals surface area contributed by atoms with E-state index in [1.807, 2.05) is 31.2 Å². The maximum absolute atomic E-state index is 13.4. The fourth-order valence-corrected chi connectivity index (χ4v) is 4.38. The van der Waals surface area contributed by atoms with Gasteiger partial charge in [-0.1, -0.05) is 41.6 Å². The van der Waals surface area contributed by atoms with Gasteiger partial charge in [-0.3, -0.25) is 4.79 Å². The van der Waals surface area contributed by atoms with E-state index in [0.717, 1.165) is 22.4 Å². The highest BCUT2D eigenvalue weighted by molar-refractivity contribution is 8.00.